The van der Waals surface area contributed by atoms with Gasteiger partial charge in [-0.15, -0.1) is 0 Å². The minimum absolute atomic E-state index is 0.0671. The van der Waals surface area contributed by atoms with Gasteiger partial charge in [-0.25, -0.2) is 0 Å². The largest absolute Gasteiger partial charge is 0.489 e. The number of halogens is 3. The number of hydrogen-bond donors (Lipinski definition) is 1. The van der Waals surface area contributed by atoms with Gasteiger partial charge in [-0.2, -0.15) is 13.2 Å². The van der Waals surface area contributed by atoms with Crippen molar-refractivity contribution in [2.45, 2.75) is 25.7 Å². The summed E-state index contributed by atoms with van der Waals surface area (Å²) in [4.78, 5) is 0. The van der Waals surface area contributed by atoms with Gasteiger partial charge in [-0.05, 0) is 42.3 Å². The highest BCUT2D eigenvalue weighted by molar-refractivity contribution is 5.30. The minimum atomic E-state index is -4.34. The Morgan fingerprint density at radius 3 is 2.33 bits per heavy atom. The number of ether oxygens (including phenoxy) is 1. The maximum Gasteiger partial charge on any atom is 0.416 e. The molecule has 2 aromatic carbocycles. The molecule has 0 radical (unpaired) electrons. The van der Waals surface area contributed by atoms with Gasteiger partial charge in [0.1, 0.15) is 12.4 Å². The average molecular weight is 295 g/mol. The van der Waals surface area contributed by atoms with Crippen LogP contribution in [0.25, 0.3) is 0 Å². The second-order valence-corrected chi connectivity index (χ2v) is 4.84. The molecule has 0 aliphatic carbocycles. The minimum Gasteiger partial charge on any atom is -0.489 e. The molecule has 0 aromatic heterocycles. The van der Waals surface area contributed by atoms with Crippen molar-refractivity contribution in [3.8, 4) is 5.75 Å². The molecule has 112 valence electrons. The summed E-state index contributed by atoms with van der Waals surface area (Å²) in [6.45, 7) is 1.96. The first-order chi connectivity index (χ1) is 9.86. The number of alkyl halides is 3. The molecule has 21 heavy (non-hydrogen) atoms. The summed E-state index contributed by atoms with van der Waals surface area (Å²) in [6.07, 6.45) is -4.34. The van der Waals surface area contributed by atoms with Crippen LogP contribution in [0.3, 0.4) is 0 Å². The summed E-state index contributed by atoms with van der Waals surface area (Å²) >= 11 is 0. The van der Waals surface area contributed by atoms with Crippen LogP contribution in [0.2, 0.25) is 0 Å². The third-order valence-electron chi connectivity index (χ3n) is 3.07. The fourth-order valence-corrected chi connectivity index (χ4v) is 1.87. The topological polar surface area (TPSA) is 35.2 Å². The first kappa shape index (κ1) is 15.4. The van der Waals surface area contributed by atoms with Gasteiger partial charge in [0.2, 0.25) is 0 Å². The zero-order valence-corrected chi connectivity index (χ0v) is 11.5. The van der Waals surface area contributed by atoms with Crippen molar-refractivity contribution >= 4 is 0 Å². The lowest BCUT2D eigenvalue weighted by atomic mass is 10.1. The number of benzene rings is 2. The van der Waals surface area contributed by atoms with Crippen molar-refractivity contribution in [3.63, 3.8) is 0 Å². The highest BCUT2D eigenvalue weighted by Gasteiger charge is 2.30. The summed E-state index contributed by atoms with van der Waals surface area (Å²) in [5, 5.41) is 0. The molecule has 0 heterocycles. The molecule has 0 amide bonds. The quantitative estimate of drug-likeness (QED) is 0.912. The Balaban J connectivity index is 2.03. The molecule has 0 bridgehead atoms. The molecule has 0 saturated heterocycles. The zero-order chi connectivity index (χ0) is 15.5. The molecule has 0 unspecified atom stereocenters. The van der Waals surface area contributed by atoms with Gasteiger partial charge >= 0.3 is 6.18 Å². The van der Waals surface area contributed by atoms with Crippen LogP contribution in [-0.2, 0) is 12.8 Å². The summed E-state index contributed by atoms with van der Waals surface area (Å²) in [6, 6.07) is 12.2. The van der Waals surface area contributed by atoms with Crippen LogP contribution in [0.4, 0.5) is 13.2 Å². The highest BCUT2D eigenvalue weighted by Crippen LogP contribution is 2.29. The van der Waals surface area contributed by atoms with Gasteiger partial charge in [-0.3, -0.25) is 0 Å². The molecule has 0 aliphatic heterocycles. The second kappa shape index (κ2) is 6.18. The molecule has 1 atom stereocenters. The maximum atomic E-state index is 12.6. The molecule has 2 aromatic rings. The van der Waals surface area contributed by atoms with Crippen LogP contribution >= 0.6 is 0 Å². The van der Waals surface area contributed by atoms with Crippen LogP contribution in [-0.4, -0.2) is 0 Å². The summed E-state index contributed by atoms with van der Waals surface area (Å²) in [5.41, 5.74) is 6.52. The van der Waals surface area contributed by atoms with E-state index in [1.807, 2.05) is 19.1 Å². The van der Waals surface area contributed by atoms with E-state index in [1.54, 1.807) is 18.2 Å². The van der Waals surface area contributed by atoms with E-state index in [9.17, 15) is 13.2 Å². The first-order valence-electron chi connectivity index (χ1n) is 6.51. The van der Waals surface area contributed by atoms with Crippen LogP contribution in [0.1, 0.15) is 29.7 Å². The van der Waals surface area contributed by atoms with E-state index in [0.29, 0.717) is 11.3 Å². The van der Waals surface area contributed by atoms with E-state index >= 15 is 0 Å². The lowest BCUT2D eigenvalue weighted by Crippen LogP contribution is -2.06. The van der Waals surface area contributed by atoms with E-state index in [-0.39, 0.29) is 12.6 Å². The van der Waals surface area contributed by atoms with E-state index in [2.05, 4.69) is 0 Å². The highest BCUT2D eigenvalue weighted by atomic mass is 19.4. The number of hydrogen-bond acceptors (Lipinski definition) is 2. The average Bonchev–Trinajstić information content (AvgIpc) is 2.45. The first-order valence-corrected chi connectivity index (χ1v) is 6.51. The monoisotopic (exact) mass is 295 g/mol. The molecule has 0 spiro atoms. The smallest absolute Gasteiger partial charge is 0.416 e. The van der Waals surface area contributed by atoms with Gasteiger partial charge in [0, 0.05) is 6.04 Å². The summed E-state index contributed by atoms with van der Waals surface area (Å²) in [5.74, 6) is 0.594. The lowest BCUT2D eigenvalue weighted by Gasteiger charge is -2.11. The number of nitrogens with two attached hydrogens (primary N) is 1. The third-order valence-corrected chi connectivity index (χ3v) is 3.07. The van der Waals surface area contributed by atoms with Crippen LogP contribution < -0.4 is 10.5 Å². The predicted octanol–water partition coefficient (Wildman–Crippen LogP) is 4.30. The fraction of sp³-hybridized carbons (Fsp3) is 0.250. The van der Waals surface area contributed by atoms with Crippen molar-refractivity contribution in [1.29, 1.82) is 0 Å². The molecule has 2 nitrogen and oxygen atoms in total. The van der Waals surface area contributed by atoms with Gasteiger partial charge in [0.15, 0.2) is 0 Å². The molecule has 0 aliphatic rings. The normalized spacial score (nSPS) is 13.0. The van der Waals surface area contributed by atoms with Crippen molar-refractivity contribution in [1.82, 2.24) is 0 Å². The van der Waals surface area contributed by atoms with Gasteiger partial charge in [0.25, 0.3) is 0 Å². The van der Waals surface area contributed by atoms with E-state index < -0.39 is 11.7 Å². The van der Waals surface area contributed by atoms with Gasteiger partial charge < -0.3 is 10.5 Å². The predicted molar refractivity (Wildman–Crippen MR) is 74.8 cm³/mol. The fourth-order valence-electron chi connectivity index (χ4n) is 1.87. The Hall–Kier alpha value is -2.01. The van der Waals surface area contributed by atoms with Crippen LogP contribution in [0.15, 0.2) is 48.5 Å². The van der Waals surface area contributed by atoms with E-state index in [0.717, 1.165) is 17.7 Å². The van der Waals surface area contributed by atoms with Crippen molar-refractivity contribution in [3.05, 3.63) is 65.2 Å². The van der Waals surface area contributed by atoms with Crippen molar-refractivity contribution in [2.24, 2.45) is 5.73 Å². The van der Waals surface area contributed by atoms with Gasteiger partial charge in [0.05, 0.1) is 5.56 Å². The van der Waals surface area contributed by atoms with Crippen LogP contribution in [0.5, 0.6) is 5.75 Å². The Kier molecular flexibility index (Phi) is 4.53. The Morgan fingerprint density at radius 2 is 1.76 bits per heavy atom. The van der Waals surface area contributed by atoms with Crippen molar-refractivity contribution < 1.29 is 17.9 Å². The zero-order valence-electron chi connectivity index (χ0n) is 11.5. The summed E-state index contributed by atoms with van der Waals surface area (Å²) in [7, 11) is 0. The molecular formula is C16H16F3NO. The summed E-state index contributed by atoms with van der Waals surface area (Å²) < 4.78 is 43.3. The van der Waals surface area contributed by atoms with Gasteiger partial charge in [-0.1, -0.05) is 24.3 Å². The Morgan fingerprint density at radius 1 is 1.10 bits per heavy atom. The standard InChI is InChI=1S/C16H16F3NO/c1-11(20)13-5-7-15(8-6-13)21-10-12-3-2-4-14(9-12)16(17,18)19/h2-9,11H,10,20H2,1H3/t11-/m1/s1. The number of rotatable bonds is 4. The van der Waals surface area contributed by atoms with Crippen molar-refractivity contribution in [2.75, 3.05) is 0 Å². The molecule has 0 fully saturated rings. The maximum absolute atomic E-state index is 12.6. The molecular weight excluding hydrogens is 279 g/mol. The SMILES string of the molecule is C[C@@H](N)c1ccc(OCc2cccc(C(F)(F)F)c2)cc1. The van der Waals surface area contributed by atoms with E-state index in [1.165, 1.54) is 6.07 Å². The lowest BCUT2D eigenvalue weighted by molar-refractivity contribution is -0.137. The Bertz CT molecular complexity index is 591. The molecule has 2 N–H and O–H groups in total. The second-order valence-electron chi connectivity index (χ2n) is 4.84. The molecule has 5 heteroatoms. The molecule has 2 rings (SSSR count). The third kappa shape index (κ3) is 4.23. The Labute approximate surface area is 121 Å². The van der Waals surface area contributed by atoms with E-state index in [4.69, 9.17) is 10.5 Å². The molecule has 0 saturated carbocycles. The van der Waals surface area contributed by atoms with Crippen LogP contribution in [0, 0.1) is 0 Å².